The van der Waals surface area contributed by atoms with Gasteiger partial charge in [-0.05, 0) is 25.0 Å². The second kappa shape index (κ2) is 6.56. The molecule has 5 nitrogen and oxygen atoms in total. The molecule has 1 fully saturated rings. The first-order chi connectivity index (χ1) is 12.6. The van der Waals surface area contributed by atoms with Crippen LogP contribution in [0.3, 0.4) is 0 Å². The topological polar surface area (TPSA) is 54.7 Å². The Hall–Kier alpha value is -2.11. The lowest BCUT2D eigenvalue weighted by Gasteiger charge is -2.47. The van der Waals surface area contributed by atoms with Crippen LogP contribution in [-0.4, -0.2) is 47.3 Å². The molecule has 2 aliphatic rings. The minimum absolute atomic E-state index is 0.137. The number of likely N-dealkylation sites (tertiary alicyclic amines) is 1. The predicted octanol–water partition coefficient (Wildman–Crippen LogP) is 2.75. The largest absolute Gasteiger partial charge is 0.469 e. The van der Waals surface area contributed by atoms with Crippen LogP contribution in [0.25, 0.3) is 10.9 Å². The van der Waals surface area contributed by atoms with Crippen molar-refractivity contribution in [2.75, 3.05) is 26.8 Å². The van der Waals surface area contributed by atoms with Crippen LogP contribution in [0.5, 0.6) is 0 Å². The zero-order chi connectivity index (χ0) is 18.4. The number of piperidine rings is 1. The molecule has 2 aromatic rings. The molecule has 4 rings (SSSR count). The molecule has 0 amide bonds. The van der Waals surface area contributed by atoms with Crippen LogP contribution in [0.4, 0.5) is 0 Å². The van der Waals surface area contributed by atoms with Crippen LogP contribution in [0, 0.1) is 5.92 Å². The predicted molar refractivity (Wildman–Crippen MR) is 101 cm³/mol. The molecule has 1 saturated heterocycles. The zero-order valence-corrected chi connectivity index (χ0v) is 15.6. The number of aliphatic hydroxyl groups is 1. The summed E-state index contributed by atoms with van der Waals surface area (Å²) in [5, 5.41) is 10.7. The van der Waals surface area contributed by atoms with Crippen LogP contribution in [0.1, 0.15) is 36.6 Å². The van der Waals surface area contributed by atoms with E-state index in [1.807, 2.05) is 19.1 Å². The van der Waals surface area contributed by atoms with Crippen molar-refractivity contribution in [3.63, 3.8) is 0 Å². The molecule has 1 aromatic carbocycles. The number of aromatic nitrogens is 1. The van der Waals surface area contributed by atoms with E-state index in [0.29, 0.717) is 6.54 Å². The molecule has 0 spiro atoms. The van der Waals surface area contributed by atoms with Crippen LogP contribution in [0.15, 0.2) is 35.9 Å². The second-order valence-corrected chi connectivity index (χ2v) is 7.29. The average molecular weight is 354 g/mol. The number of esters is 1. The van der Waals surface area contributed by atoms with E-state index in [0.717, 1.165) is 29.4 Å². The molecule has 1 N–H and O–H groups in total. The maximum Gasteiger partial charge on any atom is 0.313 e. The number of carbonyl (C=O) groups excluding carboxylic acids is 1. The number of allylic oxidation sites excluding steroid dienone is 1. The lowest BCUT2D eigenvalue weighted by molar-refractivity contribution is -0.144. The minimum atomic E-state index is -0.264. The van der Waals surface area contributed by atoms with Crippen molar-refractivity contribution in [1.82, 2.24) is 9.47 Å². The van der Waals surface area contributed by atoms with Gasteiger partial charge in [0.1, 0.15) is 0 Å². The van der Waals surface area contributed by atoms with Gasteiger partial charge in [0, 0.05) is 42.7 Å². The number of para-hydroxylation sites is 1. The number of β-amino-alcohol motifs (C(OH)–C–C–N with tert-alkyl or cyclic N) is 1. The Morgan fingerprint density at radius 1 is 1.38 bits per heavy atom. The summed E-state index contributed by atoms with van der Waals surface area (Å²) >= 11 is 0. The SMILES string of the molecule is C/C=C1/CN(CCO)[C@@H]2C[C@H]1[C@@H](C(=O)OC)c1c2n(C)c2ccccc12. The minimum Gasteiger partial charge on any atom is -0.469 e. The molecule has 1 aliphatic heterocycles. The normalized spacial score (nSPS) is 26.9. The molecular formula is C21H26N2O3. The Morgan fingerprint density at radius 2 is 2.15 bits per heavy atom. The number of benzene rings is 1. The maximum atomic E-state index is 12.8. The van der Waals surface area contributed by atoms with Gasteiger partial charge in [-0.1, -0.05) is 29.8 Å². The average Bonchev–Trinajstić information content (AvgIpc) is 2.96. The van der Waals surface area contributed by atoms with Gasteiger partial charge in [0.15, 0.2) is 0 Å². The molecule has 1 aliphatic carbocycles. The first-order valence-corrected chi connectivity index (χ1v) is 9.27. The van der Waals surface area contributed by atoms with E-state index in [9.17, 15) is 9.90 Å². The number of aliphatic hydroxyl groups excluding tert-OH is 1. The van der Waals surface area contributed by atoms with E-state index in [1.54, 1.807) is 0 Å². The van der Waals surface area contributed by atoms with Crippen molar-refractivity contribution in [3.8, 4) is 0 Å². The van der Waals surface area contributed by atoms with Gasteiger partial charge < -0.3 is 14.4 Å². The highest BCUT2D eigenvalue weighted by atomic mass is 16.5. The van der Waals surface area contributed by atoms with E-state index in [4.69, 9.17) is 4.74 Å². The van der Waals surface area contributed by atoms with Gasteiger partial charge in [0.25, 0.3) is 0 Å². The summed E-state index contributed by atoms with van der Waals surface area (Å²) in [5.74, 6) is -0.258. The van der Waals surface area contributed by atoms with E-state index < -0.39 is 0 Å². The summed E-state index contributed by atoms with van der Waals surface area (Å²) in [6.07, 6.45) is 3.02. The molecular weight excluding hydrogens is 328 g/mol. The van der Waals surface area contributed by atoms with Gasteiger partial charge >= 0.3 is 5.97 Å². The van der Waals surface area contributed by atoms with E-state index in [-0.39, 0.29) is 30.5 Å². The van der Waals surface area contributed by atoms with Gasteiger partial charge in [-0.3, -0.25) is 9.69 Å². The van der Waals surface area contributed by atoms with E-state index in [2.05, 4.69) is 34.7 Å². The molecule has 1 aromatic heterocycles. The van der Waals surface area contributed by atoms with Crippen molar-refractivity contribution in [2.24, 2.45) is 13.0 Å². The highest BCUT2D eigenvalue weighted by Crippen LogP contribution is 2.53. The van der Waals surface area contributed by atoms with E-state index in [1.165, 1.54) is 18.4 Å². The Kier molecular flexibility index (Phi) is 4.37. The Labute approximate surface area is 153 Å². The maximum absolute atomic E-state index is 12.8. The van der Waals surface area contributed by atoms with Crippen molar-refractivity contribution in [2.45, 2.75) is 25.3 Å². The summed E-state index contributed by atoms with van der Waals surface area (Å²) < 4.78 is 7.46. The first kappa shape index (κ1) is 17.3. The van der Waals surface area contributed by atoms with Crippen LogP contribution < -0.4 is 0 Å². The third kappa shape index (κ3) is 2.34. The number of hydrogen-bond acceptors (Lipinski definition) is 4. The molecule has 26 heavy (non-hydrogen) atoms. The van der Waals surface area contributed by atoms with Gasteiger partial charge in [-0.15, -0.1) is 0 Å². The molecule has 138 valence electrons. The number of rotatable bonds is 3. The Morgan fingerprint density at radius 3 is 2.85 bits per heavy atom. The lowest BCUT2D eigenvalue weighted by atomic mass is 9.68. The standard InChI is InChI=1S/C21H26N2O3/c1-4-13-12-23(9-10-24)17-11-15(13)19(21(25)26-3)18-14-7-5-6-8-16(14)22(2)20(17)18/h4-8,15,17,19,24H,9-12H2,1-3H3/b13-4-/t15-,17-,19-/m1/s1. The molecule has 0 radical (unpaired) electrons. The lowest BCUT2D eigenvalue weighted by Crippen LogP contribution is -2.46. The summed E-state index contributed by atoms with van der Waals surface area (Å²) in [5.41, 5.74) is 4.72. The van der Waals surface area contributed by atoms with Crippen LogP contribution in [-0.2, 0) is 16.6 Å². The van der Waals surface area contributed by atoms with E-state index >= 15 is 0 Å². The first-order valence-electron chi connectivity index (χ1n) is 9.27. The van der Waals surface area contributed by atoms with Crippen molar-refractivity contribution in [1.29, 1.82) is 0 Å². The number of methoxy groups -OCH3 is 1. The zero-order valence-electron chi connectivity index (χ0n) is 15.6. The highest BCUT2D eigenvalue weighted by Gasteiger charge is 2.48. The summed E-state index contributed by atoms with van der Waals surface area (Å²) in [6.45, 7) is 3.61. The molecule has 0 unspecified atom stereocenters. The molecule has 5 heteroatoms. The highest BCUT2D eigenvalue weighted by molar-refractivity contribution is 5.93. The third-order valence-electron chi connectivity index (χ3n) is 6.21. The Balaban J connectivity index is 2.00. The quantitative estimate of drug-likeness (QED) is 0.680. The molecule has 2 bridgehead atoms. The fourth-order valence-electron chi connectivity index (χ4n) is 5.09. The van der Waals surface area contributed by atoms with Crippen molar-refractivity contribution >= 4 is 16.9 Å². The molecule has 2 heterocycles. The smallest absolute Gasteiger partial charge is 0.313 e. The number of fused-ring (bicyclic) bond motifs is 6. The Bertz CT molecular complexity index is 883. The monoisotopic (exact) mass is 354 g/mol. The van der Waals surface area contributed by atoms with Crippen LogP contribution >= 0.6 is 0 Å². The number of ether oxygens (including phenoxy) is 1. The number of aryl methyl sites for hydroxylation is 1. The molecule has 0 saturated carbocycles. The number of nitrogens with zero attached hydrogens (tertiary/aromatic N) is 2. The van der Waals surface area contributed by atoms with Crippen molar-refractivity contribution < 1.29 is 14.6 Å². The van der Waals surface area contributed by atoms with Gasteiger partial charge in [-0.25, -0.2) is 0 Å². The fourth-order valence-corrected chi connectivity index (χ4v) is 5.09. The summed E-state index contributed by atoms with van der Waals surface area (Å²) in [4.78, 5) is 15.2. The third-order valence-corrected chi connectivity index (χ3v) is 6.21. The van der Waals surface area contributed by atoms with Gasteiger partial charge in [0.05, 0.1) is 25.7 Å². The number of hydrogen-bond donors (Lipinski definition) is 1. The number of carbonyl (C=O) groups is 1. The second-order valence-electron chi connectivity index (χ2n) is 7.29. The van der Waals surface area contributed by atoms with Gasteiger partial charge in [0.2, 0.25) is 0 Å². The van der Waals surface area contributed by atoms with Crippen molar-refractivity contribution in [3.05, 3.63) is 47.2 Å². The summed E-state index contributed by atoms with van der Waals surface area (Å²) in [6, 6.07) is 8.50. The summed E-state index contributed by atoms with van der Waals surface area (Å²) in [7, 11) is 3.56. The molecule has 3 atom stereocenters. The fraction of sp³-hybridized carbons (Fsp3) is 0.476. The van der Waals surface area contributed by atoms with Crippen LogP contribution in [0.2, 0.25) is 0 Å². The van der Waals surface area contributed by atoms with Gasteiger partial charge in [-0.2, -0.15) is 0 Å².